The summed E-state index contributed by atoms with van der Waals surface area (Å²) >= 11 is 5.51. The maximum absolute atomic E-state index is 13.9. The average Bonchev–Trinajstić information content (AvgIpc) is 2.99. The van der Waals surface area contributed by atoms with Gasteiger partial charge in [-0.2, -0.15) is 11.8 Å². The van der Waals surface area contributed by atoms with Crippen LogP contribution in [0, 0.1) is 5.82 Å². The first-order valence-corrected chi connectivity index (χ1v) is 9.82. The van der Waals surface area contributed by atoms with Crippen molar-refractivity contribution in [2.75, 3.05) is 12.3 Å². The van der Waals surface area contributed by atoms with Gasteiger partial charge in [0.25, 0.3) is 0 Å². The second kappa shape index (κ2) is 9.16. The van der Waals surface area contributed by atoms with Crippen molar-refractivity contribution in [1.82, 2.24) is 5.32 Å². The zero-order valence-electron chi connectivity index (χ0n) is 12.7. The fraction of sp³-hybridized carbons (Fsp3) is 0.647. The second-order valence-corrected chi connectivity index (χ2v) is 8.08. The van der Waals surface area contributed by atoms with E-state index in [1.54, 1.807) is 12.1 Å². The number of hydrogen-bond donors (Lipinski definition) is 1. The Morgan fingerprint density at radius 1 is 1.38 bits per heavy atom. The lowest BCUT2D eigenvalue weighted by Gasteiger charge is -2.20. The van der Waals surface area contributed by atoms with E-state index in [4.69, 9.17) is 0 Å². The SMILES string of the molecule is CCCNC(CSC1CCCC1)Cc1cc(Br)ccc1F. The summed E-state index contributed by atoms with van der Waals surface area (Å²) < 4.78 is 14.9. The third kappa shape index (κ3) is 5.91. The second-order valence-electron chi connectivity index (χ2n) is 5.83. The van der Waals surface area contributed by atoms with Crippen molar-refractivity contribution in [3.8, 4) is 0 Å². The summed E-state index contributed by atoms with van der Waals surface area (Å²) in [7, 11) is 0. The van der Waals surface area contributed by atoms with Gasteiger partial charge in [-0.25, -0.2) is 4.39 Å². The van der Waals surface area contributed by atoms with Crippen molar-refractivity contribution in [2.24, 2.45) is 0 Å². The fourth-order valence-electron chi connectivity index (χ4n) is 2.81. The van der Waals surface area contributed by atoms with Gasteiger partial charge in [-0.3, -0.25) is 0 Å². The lowest BCUT2D eigenvalue weighted by molar-refractivity contribution is 0.530. The van der Waals surface area contributed by atoms with Crippen LogP contribution in [-0.4, -0.2) is 23.6 Å². The minimum Gasteiger partial charge on any atom is -0.313 e. The van der Waals surface area contributed by atoms with Crippen LogP contribution in [0.15, 0.2) is 22.7 Å². The molecule has 4 heteroatoms. The lowest BCUT2D eigenvalue weighted by Crippen LogP contribution is -2.34. The Balaban J connectivity index is 1.92. The van der Waals surface area contributed by atoms with Crippen LogP contribution in [0.5, 0.6) is 0 Å². The molecule has 21 heavy (non-hydrogen) atoms. The van der Waals surface area contributed by atoms with Gasteiger partial charge in [-0.05, 0) is 56.0 Å². The molecule has 118 valence electrons. The molecular formula is C17H25BrFNS. The molecule has 0 amide bonds. The van der Waals surface area contributed by atoms with E-state index < -0.39 is 0 Å². The quantitative estimate of drug-likeness (QED) is 0.673. The molecule has 0 heterocycles. The van der Waals surface area contributed by atoms with Crippen LogP contribution in [0.4, 0.5) is 4.39 Å². The van der Waals surface area contributed by atoms with E-state index in [0.29, 0.717) is 6.04 Å². The number of rotatable bonds is 8. The van der Waals surface area contributed by atoms with Crippen LogP contribution in [0.1, 0.15) is 44.6 Å². The Kier molecular flexibility index (Phi) is 7.55. The third-order valence-electron chi connectivity index (χ3n) is 3.99. The number of hydrogen-bond acceptors (Lipinski definition) is 2. The third-order valence-corrected chi connectivity index (χ3v) is 6.02. The van der Waals surface area contributed by atoms with Gasteiger partial charge >= 0.3 is 0 Å². The highest BCUT2D eigenvalue weighted by atomic mass is 79.9. The first kappa shape index (κ1) is 17.3. The summed E-state index contributed by atoms with van der Waals surface area (Å²) in [6.07, 6.45) is 7.36. The Hall–Kier alpha value is -0.0600. The zero-order chi connectivity index (χ0) is 15.1. The predicted octanol–water partition coefficient (Wildman–Crippen LogP) is 5.17. The molecule has 0 aromatic heterocycles. The van der Waals surface area contributed by atoms with Gasteiger partial charge in [0.1, 0.15) is 5.82 Å². The molecule has 1 aromatic rings. The predicted molar refractivity (Wildman–Crippen MR) is 94.6 cm³/mol. The average molecular weight is 374 g/mol. The minimum atomic E-state index is -0.0904. The van der Waals surface area contributed by atoms with Crippen LogP contribution in [0.25, 0.3) is 0 Å². The van der Waals surface area contributed by atoms with Crippen molar-refractivity contribution >= 4 is 27.7 Å². The molecule has 1 aromatic carbocycles. The molecule has 0 aliphatic heterocycles. The van der Waals surface area contributed by atoms with Crippen LogP contribution in [-0.2, 0) is 6.42 Å². The Labute approximate surface area is 140 Å². The molecule has 0 saturated heterocycles. The van der Waals surface area contributed by atoms with E-state index in [1.807, 2.05) is 6.07 Å². The van der Waals surface area contributed by atoms with Gasteiger partial charge < -0.3 is 5.32 Å². The van der Waals surface area contributed by atoms with Gasteiger partial charge in [0, 0.05) is 21.5 Å². The number of nitrogens with one attached hydrogen (secondary N) is 1. The van der Waals surface area contributed by atoms with Gasteiger partial charge in [-0.15, -0.1) is 0 Å². The number of halogens is 2. The molecule has 0 bridgehead atoms. The zero-order valence-corrected chi connectivity index (χ0v) is 15.1. The maximum atomic E-state index is 13.9. The molecule has 1 atom stereocenters. The molecule has 0 spiro atoms. The first-order chi connectivity index (χ1) is 10.2. The summed E-state index contributed by atoms with van der Waals surface area (Å²) in [6.45, 7) is 3.18. The highest BCUT2D eigenvalue weighted by molar-refractivity contribution is 9.10. The van der Waals surface area contributed by atoms with Crippen molar-refractivity contribution in [3.05, 3.63) is 34.1 Å². The molecule has 1 fully saturated rings. The maximum Gasteiger partial charge on any atom is 0.126 e. The molecule has 1 nitrogen and oxygen atoms in total. The number of thioether (sulfide) groups is 1. The van der Waals surface area contributed by atoms with E-state index in [1.165, 1.54) is 25.7 Å². The highest BCUT2D eigenvalue weighted by Crippen LogP contribution is 2.30. The molecule has 1 saturated carbocycles. The topological polar surface area (TPSA) is 12.0 Å². The molecule has 0 radical (unpaired) electrons. The smallest absolute Gasteiger partial charge is 0.126 e. The molecule has 1 aliphatic rings. The van der Waals surface area contributed by atoms with Crippen LogP contribution in [0.2, 0.25) is 0 Å². The summed E-state index contributed by atoms with van der Waals surface area (Å²) in [5, 5.41) is 4.41. The summed E-state index contributed by atoms with van der Waals surface area (Å²) in [5.41, 5.74) is 0.810. The van der Waals surface area contributed by atoms with Crippen molar-refractivity contribution < 1.29 is 4.39 Å². The molecule has 2 rings (SSSR count). The van der Waals surface area contributed by atoms with Crippen molar-refractivity contribution in [1.29, 1.82) is 0 Å². The number of benzene rings is 1. The summed E-state index contributed by atoms with van der Waals surface area (Å²) in [4.78, 5) is 0. The van der Waals surface area contributed by atoms with Crippen LogP contribution < -0.4 is 5.32 Å². The van der Waals surface area contributed by atoms with E-state index in [9.17, 15) is 4.39 Å². The van der Waals surface area contributed by atoms with Crippen LogP contribution in [0.3, 0.4) is 0 Å². The van der Waals surface area contributed by atoms with Crippen LogP contribution >= 0.6 is 27.7 Å². The molecular weight excluding hydrogens is 349 g/mol. The minimum absolute atomic E-state index is 0.0904. The van der Waals surface area contributed by atoms with Gasteiger partial charge in [0.2, 0.25) is 0 Å². The van der Waals surface area contributed by atoms with E-state index in [0.717, 1.165) is 40.4 Å². The van der Waals surface area contributed by atoms with Crippen molar-refractivity contribution in [2.45, 2.75) is 56.7 Å². The summed E-state index contributed by atoms with van der Waals surface area (Å²) in [6, 6.07) is 5.59. The fourth-order valence-corrected chi connectivity index (χ4v) is 4.63. The van der Waals surface area contributed by atoms with Gasteiger partial charge in [0.15, 0.2) is 0 Å². The standard InChI is InChI=1S/C17H25BrFNS/c1-2-9-20-15(12-21-16-5-3-4-6-16)11-13-10-14(18)7-8-17(13)19/h7-8,10,15-16,20H,2-6,9,11-12H2,1H3. The Morgan fingerprint density at radius 3 is 2.86 bits per heavy atom. The molecule has 1 unspecified atom stereocenters. The van der Waals surface area contributed by atoms with E-state index in [2.05, 4.69) is 39.9 Å². The van der Waals surface area contributed by atoms with Crippen molar-refractivity contribution in [3.63, 3.8) is 0 Å². The van der Waals surface area contributed by atoms with E-state index >= 15 is 0 Å². The Bertz CT molecular complexity index is 435. The van der Waals surface area contributed by atoms with Gasteiger partial charge in [-0.1, -0.05) is 35.7 Å². The largest absolute Gasteiger partial charge is 0.313 e. The normalized spacial score (nSPS) is 17.3. The Morgan fingerprint density at radius 2 is 2.14 bits per heavy atom. The molecule has 1 N–H and O–H groups in total. The highest BCUT2D eigenvalue weighted by Gasteiger charge is 2.18. The summed E-state index contributed by atoms with van der Waals surface area (Å²) in [5.74, 6) is 0.990. The first-order valence-electron chi connectivity index (χ1n) is 7.98. The molecule has 1 aliphatic carbocycles. The van der Waals surface area contributed by atoms with Gasteiger partial charge in [0.05, 0.1) is 0 Å². The monoisotopic (exact) mass is 373 g/mol. The van der Waals surface area contributed by atoms with E-state index in [-0.39, 0.29) is 5.82 Å². The lowest BCUT2D eigenvalue weighted by atomic mass is 10.1.